The van der Waals surface area contributed by atoms with Gasteiger partial charge in [-0.2, -0.15) is 15.0 Å². The van der Waals surface area contributed by atoms with Gasteiger partial charge in [0.05, 0.1) is 22.1 Å². The highest BCUT2D eigenvalue weighted by Crippen LogP contribution is 2.40. The van der Waals surface area contributed by atoms with E-state index < -0.39 is 0 Å². The molecule has 290 valence electrons. The maximum absolute atomic E-state index is 5.49. The molecule has 5 heteroatoms. The minimum atomic E-state index is 0.543. The highest BCUT2D eigenvalue weighted by Gasteiger charge is 2.22. The number of aromatic nitrogens is 5. The van der Waals surface area contributed by atoms with Crippen LogP contribution in [0.15, 0.2) is 224 Å². The number of hydrogen-bond donors (Lipinski definition) is 0. The highest BCUT2D eigenvalue weighted by molar-refractivity contribution is 6.11. The van der Waals surface area contributed by atoms with E-state index in [0.29, 0.717) is 17.7 Å². The van der Waals surface area contributed by atoms with Gasteiger partial charge in [0.1, 0.15) is 0 Å². The molecule has 0 amide bonds. The largest absolute Gasteiger partial charge is 0.278 e. The molecule has 0 saturated carbocycles. The lowest BCUT2D eigenvalue weighted by Gasteiger charge is -2.16. The van der Waals surface area contributed by atoms with Gasteiger partial charge in [-0.3, -0.25) is 9.13 Å². The molecule has 0 N–H and O–H groups in total. The van der Waals surface area contributed by atoms with Crippen molar-refractivity contribution in [2.75, 3.05) is 0 Å². The molecule has 0 fully saturated rings. The van der Waals surface area contributed by atoms with Crippen LogP contribution in [-0.4, -0.2) is 24.1 Å². The first-order valence-corrected chi connectivity index (χ1v) is 21.0. The van der Waals surface area contributed by atoms with Crippen molar-refractivity contribution in [2.24, 2.45) is 0 Å². The van der Waals surface area contributed by atoms with E-state index in [0.717, 1.165) is 82.6 Å². The van der Waals surface area contributed by atoms with Crippen LogP contribution in [0.1, 0.15) is 0 Å². The summed E-state index contributed by atoms with van der Waals surface area (Å²) in [7, 11) is 0. The second-order valence-electron chi connectivity index (χ2n) is 15.6. The van der Waals surface area contributed by atoms with E-state index in [9.17, 15) is 0 Å². The second-order valence-corrected chi connectivity index (χ2v) is 15.6. The summed E-state index contributed by atoms with van der Waals surface area (Å²) in [5.41, 5.74) is 14.0. The van der Waals surface area contributed by atoms with Crippen molar-refractivity contribution in [1.82, 2.24) is 24.1 Å². The smallest absolute Gasteiger partial charge is 0.240 e. The number of para-hydroxylation sites is 3. The number of fused-ring (bicyclic) bond motifs is 6. The Hall–Kier alpha value is -8.41. The quantitative estimate of drug-likeness (QED) is 0.162. The van der Waals surface area contributed by atoms with Crippen LogP contribution in [0.3, 0.4) is 0 Å². The van der Waals surface area contributed by atoms with Crippen LogP contribution in [0.25, 0.3) is 111 Å². The first-order valence-electron chi connectivity index (χ1n) is 21.0. The van der Waals surface area contributed by atoms with Crippen LogP contribution >= 0.6 is 0 Å². The maximum atomic E-state index is 5.49. The highest BCUT2D eigenvalue weighted by atomic mass is 15.3. The summed E-state index contributed by atoms with van der Waals surface area (Å²) in [5, 5.41) is 4.55. The molecule has 9 aromatic carbocycles. The molecule has 3 aromatic heterocycles. The lowest BCUT2D eigenvalue weighted by Crippen LogP contribution is -2.10. The van der Waals surface area contributed by atoms with Crippen LogP contribution in [0.4, 0.5) is 0 Å². The molecule has 12 aromatic rings. The first kappa shape index (κ1) is 35.5. The summed E-state index contributed by atoms with van der Waals surface area (Å²) < 4.78 is 4.40. The van der Waals surface area contributed by atoms with Gasteiger partial charge in [0.25, 0.3) is 0 Å². The zero-order valence-electron chi connectivity index (χ0n) is 33.6. The first-order chi connectivity index (χ1) is 30.8. The molecule has 0 unspecified atom stereocenters. The monoisotopic (exact) mass is 791 g/mol. The van der Waals surface area contributed by atoms with Crippen LogP contribution in [-0.2, 0) is 0 Å². The van der Waals surface area contributed by atoms with E-state index in [4.69, 9.17) is 15.0 Å². The normalized spacial score (nSPS) is 11.5. The van der Waals surface area contributed by atoms with E-state index in [-0.39, 0.29) is 0 Å². The summed E-state index contributed by atoms with van der Waals surface area (Å²) in [6.07, 6.45) is 0. The van der Waals surface area contributed by atoms with Crippen LogP contribution < -0.4 is 0 Å². The number of benzene rings is 9. The van der Waals surface area contributed by atoms with Crippen molar-refractivity contribution in [1.29, 1.82) is 0 Å². The summed E-state index contributed by atoms with van der Waals surface area (Å²) >= 11 is 0. The third-order valence-electron chi connectivity index (χ3n) is 12.0. The van der Waals surface area contributed by atoms with E-state index >= 15 is 0 Å². The van der Waals surface area contributed by atoms with Gasteiger partial charge >= 0.3 is 0 Å². The average Bonchev–Trinajstić information content (AvgIpc) is 3.87. The fourth-order valence-electron chi connectivity index (χ4n) is 9.19. The summed E-state index contributed by atoms with van der Waals surface area (Å²) in [4.78, 5) is 16.4. The topological polar surface area (TPSA) is 48.5 Å². The van der Waals surface area contributed by atoms with Crippen molar-refractivity contribution in [2.45, 2.75) is 0 Å². The molecule has 5 nitrogen and oxygen atoms in total. The van der Waals surface area contributed by atoms with Gasteiger partial charge in [-0.25, -0.2) is 0 Å². The third kappa shape index (κ3) is 5.90. The van der Waals surface area contributed by atoms with Gasteiger partial charge in [-0.05, 0) is 74.8 Å². The van der Waals surface area contributed by atoms with Crippen LogP contribution in [0.5, 0.6) is 0 Å². The standard InChI is InChI=1S/C57H37N5/c1-3-18-38(19-4-1)40-22-17-23-42(36-40)43-24-7-8-25-44(43)45-26-9-10-30-50(45)55-58-56(61-51-31-14-11-27-46(51)47-28-12-15-32-52(47)61)60-57(59-55)62-53-33-16-13-29-48(53)49-35-34-41(37-54(49)62)39-20-5-2-6-21-39/h1-37H. The molecule has 12 rings (SSSR count). The molecular formula is C57H37N5. The molecule has 0 radical (unpaired) electrons. The second kappa shape index (κ2) is 14.7. The molecule has 3 heterocycles. The fourth-order valence-corrected chi connectivity index (χ4v) is 9.19. The van der Waals surface area contributed by atoms with Crippen molar-refractivity contribution in [3.8, 4) is 67.8 Å². The Morgan fingerprint density at radius 1 is 0.242 bits per heavy atom. The zero-order valence-corrected chi connectivity index (χ0v) is 33.6. The Kier molecular flexibility index (Phi) is 8.42. The molecule has 0 saturated heterocycles. The zero-order chi connectivity index (χ0) is 41.0. The molecule has 0 atom stereocenters. The minimum Gasteiger partial charge on any atom is -0.278 e. The van der Waals surface area contributed by atoms with Gasteiger partial charge in [0, 0.05) is 27.1 Å². The molecule has 0 bridgehead atoms. The maximum Gasteiger partial charge on any atom is 0.240 e. The molecule has 0 spiro atoms. The number of rotatable bonds is 7. The van der Waals surface area contributed by atoms with E-state index in [1.165, 1.54) is 11.1 Å². The lowest BCUT2D eigenvalue weighted by molar-refractivity contribution is 0.893. The van der Waals surface area contributed by atoms with Gasteiger partial charge in [0.2, 0.25) is 11.9 Å². The molecular weight excluding hydrogens is 755 g/mol. The fraction of sp³-hybridized carbons (Fsp3) is 0. The van der Waals surface area contributed by atoms with Gasteiger partial charge in [-0.15, -0.1) is 0 Å². The van der Waals surface area contributed by atoms with Gasteiger partial charge in [0.15, 0.2) is 5.82 Å². The third-order valence-corrected chi connectivity index (χ3v) is 12.0. The summed E-state index contributed by atoms with van der Waals surface area (Å²) in [5.74, 6) is 1.67. The van der Waals surface area contributed by atoms with E-state index in [1.807, 2.05) is 0 Å². The molecule has 62 heavy (non-hydrogen) atoms. The predicted molar refractivity (Wildman–Crippen MR) is 256 cm³/mol. The van der Waals surface area contributed by atoms with E-state index in [2.05, 4.69) is 234 Å². The SMILES string of the molecule is c1ccc(-c2cccc(-c3ccccc3-c3ccccc3-c3nc(-n4c5ccccc5c5ccccc54)nc(-n4c5ccccc5c5ccc(-c6ccccc6)cc54)n3)c2)cc1. The Labute approximate surface area is 358 Å². The van der Waals surface area contributed by atoms with Crippen molar-refractivity contribution in [3.63, 3.8) is 0 Å². The van der Waals surface area contributed by atoms with Crippen LogP contribution in [0.2, 0.25) is 0 Å². The van der Waals surface area contributed by atoms with Crippen molar-refractivity contribution < 1.29 is 0 Å². The molecule has 0 aliphatic carbocycles. The number of nitrogens with zero attached hydrogens (tertiary/aromatic N) is 5. The Morgan fingerprint density at radius 3 is 1.23 bits per heavy atom. The Morgan fingerprint density at radius 2 is 0.645 bits per heavy atom. The van der Waals surface area contributed by atoms with Gasteiger partial charge < -0.3 is 0 Å². The van der Waals surface area contributed by atoms with E-state index in [1.54, 1.807) is 0 Å². The average molecular weight is 792 g/mol. The van der Waals surface area contributed by atoms with Crippen molar-refractivity contribution >= 4 is 43.6 Å². The Balaban J connectivity index is 1.13. The number of hydrogen-bond acceptors (Lipinski definition) is 3. The molecule has 0 aliphatic rings. The van der Waals surface area contributed by atoms with Crippen LogP contribution in [0, 0.1) is 0 Å². The Bertz CT molecular complexity index is 3590. The van der Waals surface area contributed by atoms with Crippen molar-refractivity contribution in [3.05, 3.63) is 224 Å². The lowest BCUT2D eigenvalue weighted by atomic mass is 9.90. The summed E-state index contributed by atoms with van der Waals surface area (Å²) in [6, 6.07) is 79.3. The van der Waals surface area contributed by atoms with Gasteiger partial charge in [-0.1, -0.05) is 194 Å². The predicted octanol–water partition coefficient (Wildman–Crippen LogP) is 14.4. The minimum absolute atomic E-state index is 0.543. The summed E-state index contributed by atoms with van der Waals surface area (Å²) in [6.45, 7) is 0. The molecule has 0 aliphatic heterocycles.